The molecule has 0 amide bonds. The van der Waals surface area contributed by atoms with Gasteiger partial charge in [-0.2, -0.15) is 0 Å². The summed E-state index contributed by atoms with van der Waals surface area (Å²) in [5, 5.41) is 8.67. The number of thiazole rings is 1. The smallest absolute Gasteiger partial charge is 0.186 e. The van der Waals surface area contributed by atoms with E-state index in [0.29, 0.717) is 10.1 Å². The molecule has 1 fully saturated rings. The fourth-order valence-electron chi connectivity index (χ4n) is 2.84. The van der Waals surface area contributed by atoms with E-state index in [1.807, 2.05) is 37.3 Å². The molecule has 27 heavy (non-hydrogen) atoms. The predicted octanol–water partition coefficient (Wildman–Crippen LogP) is 4.90. The van der Waals surface area contributed by atoms with E-state index in [2.05, 4.69) is 21.6 Å². The number of halogens is 1. The largest absolute Gasteiger partial charge is 0.378 e. The molecule has 4 rings (SSSR count). The highest BCUT2D eigenvalue weighted by Crippen LogP contribution is 2.31. The van der Waals surface area contributed by atoms with Crippen molar-refractivity contribution >= 4 is 67.0 Å². The van der Waals surface area contributed by atoms with E-state index < -0.39 is 0 Å². The lowest BCUT2D eigenvalue weighted by atomic mass is 10.2. The van der Waals surface area contributed by atoms with Crippen molar-refractivity contribution in [1.29, 1.82) is 0 Å². The Morgan fingerprint density at radius 2 is 1.85 bits per heavy atom. The van der Waals surface area contributed by atoms with E-state index in [9.17, 15) is 0 Å². The highest BCUT2D eigenvalue weighted by molar-refractivity contribution is 7.80. The van der Waals surface area contributed by atoms with Crippen LogP contribution < -0.4 is 15.5 Å². The predicted molar refractivity (Wildman–Crippen MR) is 119 cm³/mol. The van der Waals surface area contributed by atoms with Crippen LogP contribution in [0.15, 0.2) is 36.4 Å². The molecule has 0 spiro atoms. The van der Waals surface area contributed by atoms with Crippen LogP contribution in [0.4, 0.5) is 16.5 Å². The first-order valence-corrected chi connectivity index (χ1v) is 10.3. The maximum absolute atomic E-state index is 6.17. The maximum atomic E-state index is 6.17. The van der Waals surface area contributed by atoms with Crippen LogP contribution in [0, 0.1) is 6.92 Å². The molecule has 1 saturated heterocycles. The van der Waals surface area contributed by atoms with E-state index in [0.717, 1.165) is 58.6 Å². The minimum Gasteiger partial charge on any atom is -0.378 e. The highest BCUT2D eigenvalue weighted by Gasteiger charge is 2.15. The number of benzene rings is 2. The first-order valence-electron chi connectivity index (χ1n) is 8.66. The van der Waals surface area contributed by atoms with Gasteiger partial charge in [0, 0.05) is 29.5 Å². The van der Waals surface area contributed by atoms with Gasteiger partial charge in [-0.05, 0) is 55.0 Å². The van der Waals surface area contributed by atoms with Gasteiger partial charge in [-0.3, -0.25) is 0 Å². The number of aromatic nitrogens is 1. The number of nitrogens with zero attached hydrogens (tertiary/aromatic N) is 2. The second-order valence-electron chi connectivity index (χ2n) is 6.32. The average molecular weight is 419 g/mol. The molecular formula is C19H19ClN4OS2. The Labute approximate surface area is 172 Å². The molecule has 8 heteroatoms. The zero-order valence-electron chi connectivity index (χ0n) is 14.8. The van der Waals surface area contributed by atoms with Gasteiger partial charge >= 0.3 is 0 Å². The SMILES string of the molecule is Cc1ccc(NC(=S)Nc2ccc3nc(N4CCOCC4)sc3c2)cc1Cl. The Morgan fingerprint density at radius 3 is 2.59 bits per heavy atom. The second kappa shape index (κ2) is 7.98. The standard InChI is InChI=1S/C19H19ClN4OS2/c1-12-2-3-13(10-15(12)20)21-18(26)22-14-4-5-16-17(11-14)27-19(23-16)24-6-8-25-9-7-24/h2-5,10-11H,6-9H2,1H3,(H2,21,22,26). The molecule has 2 heterocycles. The Morgan fingerprint density at radius 1 is 1.15 bits per heavy atom. The van der Waals surface area contributed by atoms with Gasteiger partial charge in [-0.15, -0.1) is 0 Å². The van der Waals surface area contributed by atoms with Gasteiger partial charge in [0.2, 0.25) is 0 Å². The summed E-state index contributed by atoms with van der Waals surface area (Å²) in [5.41, 5.74) is 3.82. The summed E-state index contributed by atoms with van der Waals surface area (Å²) in [4.78, 5) is 7.01. The van der Waals surface area contributed by atoms with Crippen LogP contribution in [0.25, 0.3) is 10.2 Å². The molecule has 140 valence electrons. The van der Waals surface area contributed by atoms with Crippen LogP contribution in [0.5, 0.6) is 0 Å². The number of fused-ring (bicyclic) bond motifs is 1. The summed E-state index contributed by atoms with van der Waals surface area (Å²) in [6.45, 7) is 5.26. The van der Waals surface area contributed by atoms with Crippen LogP contribution in [0.3, 0.4) is 0 Å². The van der Waals surface area contributed by atoms with Crippen molar-refractivity contribution in [3.63, 3.8) is 0 Å². The van der Waals surface area contributed by atoms with Gasteiger partial charge in [0.05, 0.1) is 23.4 Å². The van der Waals surface area contributed by atoms with Crippen molar-refractivity contribution in [2.75, 3.05) is 41.8 Å². The van der Waals surface area contributed by atoms with Gasteiger partial charge in [0.15, 0.2) is 10.2 Å². The van der Waals surface area contributed by atoms with Crippen LogP contribution >= 0.6 is 35.2 Å². The van der Waals surface area contributed by atoms with E-state index in [4.69, 9.17) is 33.5 Å². The number of hydrogen-bond donors (Lipinski definition) is 2. The van der Waals surface area contributed by atoms with Gasteiger partial charge < -0.3 is 20.3 Å². The minimum absolute atomic E-state index is 0.521. The summed E-state index contributed by atoms with van der Waals surface area (Å²) in [6, 6.07) is 11.9. The lowest BCUT2D eigenvalue weighted by molar-refractivity contribution is 0.122. The monoisotopic (exact) mass is 418 g/mol. The minimum atomic E-state index is 0.521. The normalized spacial score (nSPS) is 14.4. The molecular weight excluding hydrogens is 400 g/mol. The lowest BCUT2D eigenvalue weighted by Gasteiger charge is -2.25. The van der Waals surface area contributed by atoms with Gasteiger partial charge in [0.25, 0.3) is 0 Å². The number of morpholine rings is 1. The Kier molecular flexibility index (Phi) is 5.45. The molecule has 2 N–H and O–H groups in total. The van der Waals surface area contributed by atoms with Crippen molar-refractivity contribution in [3.8, 4) is 0 Å². The van der Waals surface area contributed by atoms with Crippen molar-refractivity contribution in [2.45, 2.75) is 6.92 Å². The van der Waals surface area contributed by atoms with Crippen molar-refractivity contribution < 1.29 is 4.74 Å². The summed E-state index contributed by atoms with van der Waals surface area (Å²) >= 11 is 13.3. The van der Waals surface area contributed by atoms with Crippen molar-refractivity contribution in [1.82, 2.24) is 4.98 Å². The third-order valence-electron chi connectivity index (χ3n) is 4.35. The average Bonchev–Trinajstić information content (AvgIpc) is 3.09. The molecule has 1 aliphatic heterocycles. The number of ether oxygens (including phenoxy) is 1. The van der Waals surface area contributed by atoms with Crippen molar-refractivity contribution in [3.05, 3.63) is 47.0 Å². The molecule has 0 atom stereocenters. The lowest BCUT2D eigenvalue weighted by Crippen LogP contribution is -2.36. The molecule has 0 radical (unpaired) electrons. The number of hydrogen-bond acceptors (Lipinski definition) is 5. The third-order valence-corrected chi connectivity index (χ3v) is 6.04. The fourth-order valence-corrected chi connectivity index (χ4v) is 4.32. The Balaban J connectivity index is 1.46. The zero-order chi connectivity index (χ0) is 18.8. The summed E-state index contributed by atoms with van der Waals surface area (Å²) in [7, 11) is 0. The molecule has 0 bridgehead atoms. The van der Waals surface area contributed by atoms with Crippen LogP contribution in [-0.2, 0) is 4.74 Å². The molecule has 1 aliphatic rings. The molecule has 1 aromatic heterocycles. The van der Waals surface area contributed by atoms with Gasteiger partial charge in [0.1, 0.15) is 0 Å². The molecule has 3 aromatic rings. The Hall–Kier alpha value is -1.93. The molecule has 2 aromatic carbocycles. The number of nitrogens with one attached hydrogen (secondary N) is 2. The molecule has 5 nitrogen and oxygen atoms in total. The number of thiocarbonyl (C=S) groups is 1. The number of aryl methyl sites for hydroxylation is 1. The third kappa shape index (κ3) is 4.32. The van der Waals surface area contributed by atoms with E-state index in [1.165, 1.54) is 0 Å². The topological polar surface area (TPSA) is 49.4 Å². The quantitative estimate of drug-likeness (QED) is 0.590. The number of rotatable bonds is 3. The summed E-state index contributed by atoms with van der Waals surface area (Å²) in [5.74, 6) is 0. The summed E-state index contributed by atoms with van der Waals surface area (Å²) < 4.78 is 6.54. The van der Waals surface area contributed by atoms with Gasteiger partial charge in [-0.25, -0.2) is 4.98 Å². The van der Waals surface area contributed by atoms with E-state index in [1.54, 1.807) is 11.3 Å². The Bertz CT molecular complexity index is 985. The van der Waals surface area contributed by atoms with E-state index >= 15 is 0 Å². The summed E-state index contributed by atoms with van der Waals surface area (Å²) in [6.07, 6.45) is 0. The fraction of sp³-hybridized carbons (Fsp3) is 0.263. The maximum Gasteiger partial charge on any atom is 0.186 e. The van der Waals surface area contributed by atoms with Gasteiger partial charge in [-0.1, -0.05) is 29.0 Å². The highest BCUT2D eigenvalue weighted by atomic mass is 35.5. The van der Waals surface area contributed by atoms with Crippen LogP contribution in [-0.4, -0.2) is 36.4 Å². The molecule has 0 aliphatic carbocycles. The molecule has 0 saturated carbocycles. The number of anilines is 3. The zero-order valence-corrected chi connectivity index (χ0v) is 17.2. The first-order chi connectivity index (χ1) is 13.1. The molecule has 0 unspecified atom stereocenters. The van der Waals surface area contributed by atoms with Crippen LogP contribution in [0.1, 0.15) is 5.56 Å². The van der Waals surface area contributed by atoms with Crippen LogP contribution in [0.2, 0.25) is 5.02 Å². The second-order valence-corrected chi connectivity index (χ2v) is 8.15. The van der Waals surface area contributed by atoms with Crippen molar-refractivity contribution in [2.24, 2.45) is 0 Å². The van der Waals surface area contributed by atoms with E-state index in [-0.39, 0.29) is 0 Å². The first kappa shape index (κ1) is 18.4.